The van der Waals surface area contributed by atoms with Gasteiger partial charge in [0.25, 0.3) is 5.91 Å². The number of amides is 1. The second-order valence-electron chi connectivity index (χ2n) is 10.3. The fourth-order valence-electron chi connectivity index (χ4n) is 5.48. The number of carbonyl (C=O) groups is 2. The molecule has 0 saturated heterocycles. The Labute approximate surface area is 217 Å². The van der Waals surface area contributed by atoms with E-state index < -0.39 is 23.7 Å². The summed E-state index contributed by atoms with van der Waals surface area (Å²) in [6.07, 6.45) is 3.22. The molecule has 1 saturated carbocycles. The fraction of sp³-hybridized carbons (Fsp3) is 0.355. The molecule has 1 aliphatic carbocycles. The summed E-state index contributed by atoms with van der Waals surface area (Å²) in [6, 6.07) is 24.0. The topological polar surface area (TPSA) is 76.1 Å². The van der Waals surface area contributed by atoms with E-state index in [1.807, 2.05) is 78.9 Å². The zero-order valence-electron chi connectivity index (χ0n) is 21.1. The lowest BCUT2D eigenvalue weighted by atomic mass is 9.92. The van der Waals surface area contributed by atoms with Gasteiger partial charge in [-0.2, -0.15) is 0 Å². The molecule has 1 amide bonds. The van der Waals surface area contributed by atoms with Crippen LogP contribution in [0.3, 0.4) is 0 Å². The third-order valence-electron chi connectivity index (χ3n) is 7.54. The van der Waals surface area contributed by atoms with Gasteiger partial charge in [-0.05, 0) is 42.5 Å². The highest BCUT2D eigenvalue weighted by Crippen LogP contribution is 2.39. The summed E-state index contributed by atoms with van der Waals surface area (Å²) in [6.45, 7) is 2.64. The van der Waals surface area contributed by atoms with Gasteiger partial charge in [0, 0.05) is 18.5 Å². The minimum absolute atomic E-state index is 0.181. The monoisotopic (exact) mass is 499 g/mol. The molecule has 2 atom stereocenters. The maximum absolute atomic E-state index is 14.1. The van der Waals surface area contributed by atoms with Crippen LogP contribution in [0, 0.1) is 0 Å². The van der Waals surface area contributed by atoms with Crippen LogP contribution in [0.5, 0.6) is 5.75 Å². The van der Waals surface area contributed by atoms with Gasteiger partial charge in [-0.25, -0.2) is 4.79 Å². The lowest BCUT2D eigenvalue weighted by Crippen LogP contribution is -2.51. The van der Waals surface area contributed by atoms with Crippen LogP contribution in [0.15, 0.2) is 78.9 Å². The number of hydrogen-bond donors (Lipinski definition) is 1. The molecule has 1 N–H and O–H groups in total. The van der Waals surface area contributed by atoms with Gasteiger partial charge in [-0.3, -0.25) is 4.79 Å². The Bertz CT molecular complexity index is 1240. The molecule has 3 aromatic rings. The molecule has 2 aliphatic rings. The summed E-state index contributed by atoms with van der Waals surface area (Å²) in [4.78, 5) is 28.0. The zero-order valence-corrected chi connectivity index (χ0v) is 21.1. The van der Waals surface area contributed by atoms with E-state index in [1.165, 1.54) is 4.90 Å². The van der Waals surface area contributed by atoms with Crippen molar-refractivity contribution in [2.45, 2.75) is 69.9 Å². The number of aliphatic carboxylic acids is 1. The number of carboxylic acids is 1. The van der Waals surface area contributed by atoms with E-state index in [-0.39, 0.29) is 18.9 Å². The second kappa shape index (κ2) is 10.8. The van der Waals surface area contributed by atoms with Crippen molar-refractivity contribution >= 4 is 11.9 Å². The molecule has 37 heavy (non-hydrogen) atoms. The largest absolute Gasteiger partial charge is 0.489 e. The Morgan fingerprint density at radius 1 is 0.973 bits per heavy atom. The van der Waals surface area contributed by atoms with Crippen molar-refractivity contribution in [1.82, 2.24) is 4.90 Å². The SMILES string of the molecule is CC1(O[C@@H](C(=O)N2Cc3cccc(OCc4ccccc4)c3C[C@H]2C(=O)O)c2ccccc2)CCCC1. The highest BCUT2D eigenvalue weighted by atomic mass is 16.5. The summed E-state index contributed by atoms with van der Waals surface area (Å²) in [5.74, 6) is -0.683. The standard InChI is InChI=1S/C31H33NO5/c1-31(17-8-9-18-31)37-28(23-13-6-3-7-14-23)29(33)32-20-24-15-10-16-27(25(24)19-26(32)30(34)35)36-21-22-11-4-2-5-12-22/h2-7,10-16,26,28H,8-9,17-21H2,1H3,(H,34,35)/t26-,28+/m0/s1. The summed E-state index contributed by atoms with van der Waals surface area (Å²) in [5, 5.41) is 10.2. The van der Waals surface area contributed by atoms with Crippen LogP contribution < -0.4 is 4.74 Å². The second-order valence-corrected chi connectivity index (χ2v) is 10.3. The Morgan fingerprint density at radius 2 is 1.65 bits per heavy atom. The van der Waals surface area contributed by atoms with Crippen molar-refractivity contribution in [3.63, 3.8) is 0 Å². The van der Waals surface area contributed by atoms with Crippen molar-refractivity contribution in [1.29, 1.82) is 0 Å². The average Bonchev–Trinajstić information content (AvgIpc) is 3.36. The number of hydrogen-bond acceptors (Lipinski definition) is 4. The third kappa shape index (κ3) is 5.54. The van der Waals surface area contributed by atoms with E-state index in [4.69, 9.17) is 9.47 Å². The average molecular weight is 500 g/mol. The molecule has 5 rings (SSSR count). The molecular weight excluding hydrogens is 466 g/mol. The number of carbonyl (C=O) groups excluding carboxylic acids is 1. The van der Waals surface area contributed by atoms with Crippen LogP contribution in [0.4, 0.5) is 0 Å². The molecule has 0 spiro atoms. The minimum Gasteiger partial charge on any atom is -0.489 e. The molecule has 1 fully saturated rings. The molecule has 0 unspecified atom stereocenters. The number of rotatable bonds is 8. The van der Waals surface area contributed by atoms with Crippen LogP contribution in [0.25, 0.3) is 0 Å². The van der Waals surface area contributed by atoms with Gasteiger partial charge >= 0.3 is 5.97 Å². The number of benzene rings is 3. The van der Waals surface area contributed by atoms with E-state index in [2.05, 4.69) is 6.92 Å². The van der Waals surface area contributed by atoms with E-state index in [0.29, 0.717) is 12.4 Å². The third-order valence-corrected chi connectivity index (χ3v) is 7.54. The molecule has 0 aromatic heterocycles. The van der Waals surface area contributed by atoms with Crippen molar-refractivity contribution < 1.29 is 24.2 Å². The smallest absolute Gasteiger partial charge is 0.326 e. The first-order valence-corrected chi connectivity index (χ1v) is 13.0. The lowest BCUT2D eigenvalue weighted by Gasteiger charge is -2.39. The van der Waals surface area contributed by atoms with Crippen LogP contribution in [0.1, 0.15) is 61.0 Å². The summed E-state index contributed by atoms with van der Waals surface area (Å²) in [7, 11) is 0. The number of nitrogens with zero attached hydrogens (tertiary/aromatic N) is 1. The van der Waals surface area contributed by atoms with E-state index in [9.17, 15) is 14.7 Å². The highest BCUT2D eigenvalue weighted by molar-refractivity contribution is 5.88. The Balaban J connectivity index is 1.43. The lowest BCUT2D eigenvalue weighted by molar-refractivity contribution is -0.166. The Morgan fingerprint density at radius 3 is 2.32 bits per heavy atom. The van der Waals surface area contributed by atoms with Gasteiger partial charge in [-0.1, -0.05) is 85.6 Å². The van der Waals surface area contributed by atoms with E-state index in [1.54, 1.807) is 0 Å². The molecule has 6 nitrogen and oxygen atoms in total. The number of fused-ring (bicyclic) bond motifs is 1. The highest BCUT2D eigenvalue weighted by Gasteiger charge is 2.42. The van der Waals surface area contributed by atoms with Crippen molar-refractivity contribution in [3.05, 3.63) is 101 Å². The van der Waals surface area contributed by atoms with E-state index in [0.717, 1.165) is 47.9 Å². The molecule has 1 aliphatic heterocycles. The van der Waals surface area contributed by atoms with E-state index >= 15 is 0 Å². The van der Waals surface area contributed by atoms with Gasteiger partial charge in [0.1, 0.15) is 18.4 Å². The normalized spacial score (nSPS) is 19.2. The van der Waals surface area contributed by atoms with Gasteiger partial charge in [0.2, 0.25) is 0 Å². The fourth-order valence-corrected chi connectivity index (χ4v) is 5.48. The quantitative estimate of drug-likeness (QED) is 0.431. The molecule has 192 valence electrons. The molecule has 6 heteroatoms. The van der Waals surface area contributed by atoms with Gasteiger partial charge in [0.05, 0.1) is 5.60 Å². The summed E-state index contributed by atoms with van der Waals surface area (Å²) in [5.41, 5.74) is 3.12. The first-order chi connectivity index (χ1) is 17.9. The molecule has 3 aromatic carbocycles. The van der Waals surface area contributed by atoms with Crippen molar-refractivity contribution in [2.75, 3.05) is 0 Å². The van der Waals surface area contributed by atoms with Crippen LogP contribution in [0.2, 0.25) is 0 Å². The van der Waals surface area contributed by atoms with Crippen LogP contribution >= 0.6 is 0 Å². The number of carboxylic acid groups (broad SMARTS) is 1. The summed E-state index contributed by atoms with van der Waals surface area (Å²) >= 11 is 0. The van der Waals surface area contributed by atoms with Gasteiger partial charge in [-0.15, -0.1) is 0 Å². The van der Waals surface area contributed by atoms with Gasteiger partial charge < -0.3 is 19.5 Å². The maximum atomic E-state index is 14.1. The van der Waals surface area contributed by atoms with Gasteiger partial charge in [0.15, 0.2) is 6.10 Å². The van der Waals surface area contributed by atoms with Crippen molar-refractivity contribution in [3.8, 4) is 5.75 Å². The summed E-state index contributed by atoms with van der Waals surface area (Å²) < 4.78 is 12.6. The molecule has 0 radical (unpaired) electrons. The maximum Gasteiger partial charge on any atom is 0.326 e. The molecular formula is C31H33NO5. The first kappa shape index (κ1) is 25.0. The minimum atomic E-state index is -1.03. The van der Waals surface area contributed by atoms with Crippen LogP contribution in [-0.2, 0) is 33.9 Å². The molecule has 0 bridgehead atoms. The predicted molar refractivity (Wildman–Crippen MR) is 140 cm³/mol. The predicted octanol–water partition coefficient (Wildman–Crippen LogP) is 5.69. The Hall–Kier alpha value is -3.64. The van der Waals surface area contributed by atoms with Crippen molar-refractivity contribution in [2.24, 2.45) is 0 Å². The first-order valence-electron chi connectivity index (χ1n) is 13.0. The van der Waals surface area contributed by atoms with Crippen LogP contribution in [-0.4, -0.2) is 33.5 Å². The number of ether oxygens (including phenoxy) is 2. The Kier molecular flexibility index (Phi) is 7.28. The molecule has 1 heterocycles. The zero-order chi connectivity index (χ0) is 25.8.